The predicted octanol–water partition coefficient (Wildman–Crippen LogP) is -0.534. The van der Waals surface area contributed by atoms with E-state index in [4.69, 9.17) is 16.6 Å². The summed E-state index contributed by atoms with van der Waals surface area (Å²) in [5.74, 6) is -3.93. The Labute approximate surface area is 107 Å². The summed E-state index contributed by atoms with van der Waals surface area (Å²) in [5, 5.41) is 10.9. The summed E-state index contributed by atoms with van der Waals surface area (Å²) < 4.78 is 13.2. The maximum atomic E-state index is 13.2. The van der Waals surface area contributed by atoms with Crippen LogP contribution in [0.25, 0.3) is 0 Å². The van der Waals surface area contributed by atoms with Crippen LogP contribution in [0.3, 0.4) is 0 Å². The number of carboxylic acid groups (broad SMARTS) is 1. The number of hydrogen-bond acceptors (Lipinski definition) is 4. The van der Waals surface area contributed by atoms with Gasteiger partial charge in [-0.2, -0.15) is 0 Å². The van der Waals surface area contributed by atoms with Gasteiger partial charge in [-0.3, -0.25) is 9.59 Å². The molecule has 0 aliphatic heterocycles. The van der Waals surface area contributed by atoms with Crippen LogP contribution in [0.4, 0.5) is 10.1 Å². The first-order valence-electron chi connectivity index (χ1n) is 5.18. The van der Waals surface area contributed by atoms with Crippen molar-refractivity contribution in [2.75, 3.05) is 5.73 Å². The van der Waals surface area contributed by atoms with Crippen LogP contribution in [0.2, 0.25) is 0 Å². The van der Waals surface area contributed by atoms with E-state index in [0.29, 0.717) is 0 Å². The van der Waals surface area contributed by atoms with E-state index in [1.807, 2.05) is 0 Å². The molecule has 0 aliphatic rings. The number of carboxylic acids is 1. The smallest absolute Gasteiger partial charge is 0.326 e. The molecule has 1 atom stereocenters. The highest BCUT2D eigenvalue weighted by molar-refractivity contribution is 5.97. The molecule has 6 N–H and O–H groups in total. The first-order valence-corrected chi connectivity index (χ1v) is 5.18. The van der Waals surface area contributed by atoms with E-state index in [0.717, 1.165) is 6.07 Å². The van der Waals surface area contributed by atoms with Gasteiger partial charge in [0.25, 0.3) is 5.91 Å². The molecular weight excluding hydrogens is 257 g/mol. The van der Waals surface area contributed by atoms with Gasteiger partial charge in [0, 0.05) is 5.56 Å². The van der Waals surface area contributed by atoms with E-state index in [1.54, 1.807) is 0 Å². The summed E-state index contributed by atoms with van der Waals surface area (Å²) in [6.07, 6.45) is -0.557. The molecule has 0 heterocycles. The van der Waals surface area contributed by atoms with Gasteiger partial charge in [0.1, 0.15) is 11.9 Å². The number of nitrogens with one attached hydrogen (secondary N) is 1. The predicted molar refractivity (Wildman–Crippen MR) is 63.5 cm³/mol. The van der Waals surface area contributed by atoms with Gasteiger partial charge in [-0.1, -0.05) is 0 Å². The quantitative estimate of drug-likeness (QED) is 0.532. The summed E-state index contributed by atoms with van der Waals surface area (Å²) in [5.41, 5.74) is 9.86. The van der Waals surface area contributed by atoms with Crippen molar-refractivity contribution in [3.63, 3.8) is 0 Å². The highest BCUT2D eigenvalue weighted by atomic mass is 19.1. The zero-order valence-corrected chi connectivity index (χ0v) is 9.72. The molecule has 1 rings (SSSR count). The Hall–Kier alpha value is -2.64. The molecule has 1 aromatic rings. The molecule has 0 saturated heterocycles. The maximum Gasteiger partial charge on any atom is 0.326 e. The van der Waals surface area contributed by atoms with Crippen molar-refractivity contribution in [3.05, 3.63) is 29.6 Å². The van der Waals surface area contributed by atoms with Gasteiger partial charge in [-0.05, 0) is 18.2 Å². The molecule has 2 amide bonds. The molecule has 0 spiro atoms. The minimum Gasteiger partial charge on any atom is -0.480 e. The summed E-state index contributed by atoms with van der Waals surface area (Å²) in [4.78, 5) is 33.1. The number of carbonyl (C=O) groups excluding carboxylic acids is 2. The Kier molecular flexibility index (Phi) is 4.41. The minimum atomic E-state index is -1.47. The van der Waals surface area contributed by atoms with Crippen LogP contribution in [-0.4, -0.2) is 28.9 Å². The second kappa shape index (κ2) is 5.80. The SMILES string of the molecule is NC(=O)C[C@H](NC(=O)c1ccc(N)c(F)c1)C(=O)O. The number of anilines is 1. The van der Waals surface area contributed by atoms with Crippen molar-refractivity contribution in [2.24, 2.45) is 5.73 Å². The van der Waals surface area contributed by atoms with Crippen molar-refractivity contribution < 1.29 is 23.9 Å². The minimum absolute atomic E-state index is 0.109. The van der Waals surface area contributed by atoms with Crippen LogP contribution in [0.5, 0.6) is 0 Å². The van der Waals surface area contributed by atoms with Crippen LogP contribution in [0.15, 0.2) is 18.2 Å². The standard InChI is InChI=1S/C11H12FN3O4/c12-6-3-5(1-2-7(6)13)10(17)15-8(11(18)19)4-9(14)16/h1-3,8H,4,13H2,(H2,14,16)(H,15,17)(H,18,19)/t8-/m0/s1. The van der Waals surface area contributed by atoms with Crippen LogP contribution in [0.1, 0.15) is 16.8 Å². The number of benzene rings is 1. The lowest BCUT2D eigenvalue weighted by molar-refractivity contribution is -0.140. The zero-order valence-electron chi connectivity index (χ0n) is 9.72. The van der Waals surface area contributed by atoms with Crippen molar-refractivity contribution in [2.45, 2.75) is 12.5 Å². The van der Waals surface area contributed by atoms with Gasteiger partial charge >= 0.3 is 5.97 Å². The highest BCUT2D eigenvalue weighted by Crippen LogP contribution is 2.12. The summed E-state index contributed by atoms with van der Waals surface area (Å²) in [6.45, 7) is 0. The summed E-state index contributed by atoms with van der Waals surface area (Å²) in [6, 6.07) is 1.81. The molecule has 0 saturated carbocycles. The van der Waals surface area contributed by atoms with Gasteiger partial charge in [-0.15, -0.1) is 0 Å². The Morgan fingerprint density at radius 3 is 2.47 bits per heavy atom. The van der Waals surface area contributed by atoms with Crippen molar-refractivity contribution >= 4 is 23.5 Å². The second-order valence-corrected chi connectivity index (χ2v) is 3.77. The second-order valence-electron chi connectivity index (χ2n) is 3.77. The average molecular weight is 269 g/mol. The fourth-order valence-electron chi connectivity index (χ4n) is 1.31. The Balaban J connectivity index is 2.84. The fourth-order valence-corrected chi connectivity index (χ4v) is 1.31. The highest BCUT2D eigenvalue weighted by Gasteiger charge is 2.23. The maximum absolute atomic E-state index is 13.2. The molecule has 0 aromatic heterocycles. The largest absolute Gasteiger partial charge is 0.480 e. The van der Waals surface area contributed by atoms with Crippen LogP contribution < -0.4 is 16.8 Å². The van der Waals surface area contributed by atoms with E-state index < -0.39 is 36.1 Å². The van der Waals surface area contributed by atoms with Gasteiger partial charge < -0.3 is 21.9 Å². The van der Waals surface area contributed by atoms with Crippen molar-refractivity contribution in [1.29, 1.82) is 0 Å². The number of rotatable bonds is 5. The van der Waals surface area contributed by atoms with Gasteiger partial charge in [-0.25, -0.2) is 9.18 Å². The molecular formula is C11H12FN3O4. The molecule has 0 radical (unpaired) electrons. The molecule has 8 heteroatoms. The first-order chi connectivity index (χ1) is 8.81. The average Bonchev–Trinajstić information content (AvgIpc) is 2.31. The molecule has 1 aromatic carbocycles. The van der Waals surface area contributed by atoms with E-state index >= 15 is 0 Å². The van der Waals surface area contributed by atoms with E-state index in [1.165, 1.54) is 12.1 Å². The number of halogens is 1. The Morgan fingerprint density at radius 1 is 1.37 bits per heavy atom. The van der Waals surface area contributed by atoms with Gasteiger partial charge in [0.15, 0.2) is 0 Å². The van der Waals surface area contributed by atoms with Gasteiger partial charge in [0.05, 0.1) is 12.1 Å². The van der Waals surface area contributed by atoms with E-state index in [9.17, 15) is 18.8 Å². The molecule has 102 valence electrons. The fraction of sp³-hybridized carbons (Fsp3) is 0.182. The molecule has 0 fully saturated rings. The summed E-state index contributed by atoms with van der Waals surface area (Å²) >= 11 is 0. The Bertz CT molecular complexity index is 533. The third-order valence-corrected chi connectivity index (χ3v) is 2.27. The number of amides is 2. The zero-order chi connectivity index (χ0) is 14.6. The van der Waals surface area contributed by atoms with Crippen molar-refractivity contribution in [1.82, 2.24) is 5.32 Å². The number of aliphatic carboxylic acids is 1. The van der Waals surface area contributed by atoms with Crippen molar-refractivity contribution in [3.8, 4) is 0 Å². The van der Waals surface area contributed by atoms with E-state index in [2.05, 4.69) is 5.32 Å². The third kappa shape index (κ3) is 3.95. The number of nitrogen functional groups attached to an aromatic ring is 1. The molecule has 19 heavy (non-hydrogen) atoms. The van der Waals surface area contributed by atoms with Crippen LogP contribution in [0, 0.1) is 5.82 Å². The van der Waals surface area contributed by atoms with E-state index in [-0.39, 0.29) is 11.3 Å². The third-order valence-electron chi connectivity index (χ3n) is 2.27. The topological polar surface area (TPSA) is 136 Å². The molecule has 0 aliphatic carbocycles. The molecule has 7 nitrogen and oxygen atoms in total. The number of carbonyl (C=O) groups is 3. The number of nitrogens with two attached hydrogens (primary N) is 2. The number of primary amides is 1. The first kappa shape index (κ1) is 14.4. The van der Waals surface area contributed by atoms with Crippen LogP contribution in [-0.2, 0) is 9.59 Å². The van der Waals surface area contributed by atoms with Crippen LogP contribution >= 0.6 is 0 Å². The lowest BCUT2D eigenvalue weighted by Crippen LogP contribution is -2.43. The lowest BCUT2D eigenvalue weighted by Gasteiger charge is -2.13. The summed E-state index contributed by atoms with van der Waals surface area (Å²) in [7, 11) is 0. The molecule has 0 bridgehead atoms. The lowest BCUT2D eigenvalue weighted by atomic mass is 10.1. The monoisotopic (exact) mass is 269 g/mol. The normalized spacial score (nSPS) is 11.6. The number of hydrogen-bond donors (Lipinski definition) is 4. The van der Waals surface area contributed by atoms with Gasteiger partial charge in [0.2, 0.25) is 5.91 Å². The Morgan fingerprint density at radius 2 is 2.00 bits per heavy atom. The molecule has 0 unspecified atom stereocenters.